The molecule has 0 N–H and O–H groups in total. The Hall–Kier alpha value is -2.68. The van der Waals surface area contributed by atoms with E-state index < -0.39 is 5.97 Å². The molecule has 19 heavy (non-hydrogen) atoms. The second-order valence-electron chi connectivity index (χ2n) is 3.80. The first-order valence-electron chi connectivity index (χ1n) is 5.80. The summed E-state index contributed by atoms with van der Waals surface area (Å²) in [5.41, 5.74) is 0.534. The molecule has 0 aliphatic carbocycles. The number of hydrogen-bond acceptors (Lipinski definition) is 3. The van der Waals surface area contributed by atoms with Crippen LogP contribution in [0.15, 0.2) is 72.8 Å². The third-order valence-electron chi connectivity index (χ3n) is 2.39. The summed E-state index contributed by atoms with van der Waals surface area (Å²) >= 11 is 0. The van der Waals surface area contributed by atoms with Gasteiger partial charge in [0, 0.05) is 11.6 Å². The molecule has 0 bridgehead atoms. The van der Waals surface area contributed by atoms with Crippen LogP contribution < -0.4 is 4.74 Å². The van der Waals surface area contributed by atoms with Gasteiger partial charge in [-0.15, -0.1) is 0 Å². The summed E-state index contributed by atoms with van der Waals surface area (Å²) in [6.07, 6.45) is 2.34. The third kappa shape index (κ3) is 3.92. The van der Waals surface area contributed by atoms with Crippen LogP contribution in [0.2, 0.25) is 0 Å². The summed E-state index contributed by atoms with van der Waals surface area (Å²) in [6.45, 7) is 0. The van der Waals surface area contributed by atoms with Crippen LogP contribution in [0.25, 0.3) is 0 Å². The SMILES string of the molecule is O=C(/C=C/C(=O)c1ccccc1)Oc1ccccc1. The molecule has 0 heterocycles. The highest BCUT2D eigenvalue weighted by molar-refractivity contribution is 6.07. The molecule has 0 radical (unpaired) electrons. The van der Waals surface area contributed by atoms with Gasteiger partial charge in [-0.2, -0.15) is 0 Å². The van der Waals surface area contributed by atoms with E-state index in [4.69, 9.17) is 4.74 Å². The highest BCUT2D eigenvalue weighted by Gasteiger charge is 2.03. The molecule has 3 heteroatoms. The Morgan fingerprint density at radius 1 is 0.789 bits per heavy atom. The van der Waals surface area contributed by atoms with E-state index in [0.29, 0.717) is 11.3 Å². The Morgan fingerprint density at radius 2 is 1.37 bits per heavy atom. The number of allylic oxidation sites excluding steroid dienone is 1. The summed E-state index contributed by atoms with van der Waals surface area (Å²) in [7, 11) is 0. The van der Waals surface area contributed by atoms with Gasteiger partial charge in [0.2, 0.25) is 0 Å². The molecule has 0 aromatic heterocycles. The van der Waals surface area contributed by atoms with E-state index in [1.165, 1.54) is 6.08 Å². The van der Waals surface area contributed by atoms with E-state index in [1.54, 1.807) is 48.5 Å². The van der Waals surface area contributed by atoms with Crippen LogP contribution in [-0.2, 0) is 4.79 Å². The lowest BCUT2D eigenvalue weighted by Gasteiger charge is -1.99. The van der Waals surface area contributed by atoms with Gasteiger partial charge in [0.05, 0.1) is 0 Å². The molecule has 2 aromatic rings. The normalized spacial score (nSPS) is 10.3. The van der Waals surface area contributed by atoms with Crippen molar-refractivity contribution in [2.45, 2.75) is 0 Å². The van der Waals surface area contributed by atoms with Crippen molar-refractivity contribution in [1.29, 1.82) is 0 Å². The number of carbonyl (C=O) groups excluding carboxylic acids is 2. The summed E-state index contributed by atoms with van der Waals surface area (Å²) in [5.74, 6) is -0.356. The fraction of sp³-hybridized carbons (Fsp3) is 0. The zero-order valence-corrected chi connectivity index (χ0v) is 10.2. The van der Waals surface area contributed by atoms with Gasteiger partial charge in [0.25, 0.3) is 0 Å². The maximum atomic E-state index is 11.7. The Bertz CT molecular complexity index is 586. The van der Waals surface area contributed by atoms with Gasteiger partial charge in [-0.1, -0.05) is 48.5 Å². The molecule has 0 spiro atoms. The van der Waals surface area contributed by atoms with Crippen LogP contribution in [0.3, 0.4) is 0 Å². The maximum absolute atomic E-state index is 11.7. The molecule has 2 rings (SSSR count). The largest absolute Gasteiger partial charge is 0.423 e. The van der Waals surface area contributed by atoms with E-state index in [9.17, 15) is 9.59 Å². The van der Waals surface area contributed by atoms with Crippen LogP contribution in [0.5, 0.6) is 5.75 Å². The van der Waals surface area contributed by atoms with E-state index in [2.05, 4.69) is 0 Å². The summed E-state index contributed by atoms with van der Waals surface area (Å²) in [6, 6.07) is 17.4. The fourth-order valence-electron chi connectivity index (χ4n) is 1.48. The van der Waals surface area contributed by atoms with Crippen molar-refractivity contribution >= 4 is 11.8 Å². The predicted octanol–water partition coefficient (Wildman–Crippen LogP) is 3.03. The average molecular weight is 252 g/mol. The molecular formula is C16H12O3. The third-order valence-corrected chi connectivity index (χ3v) is 2.39. The number of para-hydroxylation sites is 1. The van der Waals surface area contributed by atoms with Crippen molar-refractivity contribution in [2.24, 2.45) is 0 Å². The number of ether oxygens (including phenoxy) is 1. The van der Waals surface area contributed by atoms with E-state index in [-0.39, 0.29) is 5.78 Å². The van der Waals surface area contributed by atoms with Crippen molar-refractivity contribution in [3.8, 4) is 5.75 Å². The number of carbonyl (C=O) groups is 2. The lowest BCUT2D eigenvalue weighted by molar-refractivity contribution is -0.129. The topological polar surface area (TPSA) is 43.4 Å². The molecular weight excluding hydrogens is 240 g/mol. The second-order valence-corrected chi connectivity index (χ2v) is 3.80. The van der Waals surface area contributed by atoms with Gasteiger partial charge in [-0.05, 0) is 18.2 Å². The van der Waals surface area contributed by atoms with Crippen molar-refractivity contribution in [3.05, 3.63) is 78.4 Å². The van der Waals surface area contributed by atoms with Crippen LogP contribution >= 0.6 is 0 Å². The van der Waals surface area contributed by atoms with Crippen molar-refractivity contribution in [2.75, 3.05) is 0 Å². The van der Waals surface area contributed by atoms with Crippen LogP contribution in [0.1, 0.15) is 10.4 Å². The Balaban J connectivity index is 1.96. The van der Waals surface area contributed by atoms with Gasteiger partial charge in [-0.25, -0.2) is 4.79 Å². The lowest BCUT2D eigenvalue weighted by Crippen LogP contribution is -2.05. The summed E-state index contributed by atoms with van der Waals surface area (Å²) in [5, 5.41) is 0. The van der Waals surface area contributed by atoms with Gasteiger partial charge in [0.1, 0.15) is 5.75 Å². The van der Waals surface area contributed by atoms with E-state index in [1.807, 2.05) is 12.1 Å². The number of hydrogen-bond donors (Lipinski definition) is 0. The Morgan fingerprint density at radius 3 is 2.00 bits per heavy atom. The molecule has 0 fully saturated rings. The van der Waals surface area contributed by atoms with Crippen LogP contribution in [-0.4, -0.2) is 11.8 Å². The fourth-order valence-corrected chi connectivity index (χ4v) is 1.48. The molecule has 0 saturated carbocycles. The van der Waals surface area contributed by atoms with E-state index in [0.717, 1.165) is 6.08 Å². The van der Waals surface area contributed by atoms with Crippen molar-refractivity contribution < 1.29 is 14.3 Å². The quantitative estimate of drug-likeness (QED) is 0.363. The molecule has 3 nitrogen and oxygen atoms in total. The first-order valence-corrected chi connectivity index (χ1v) is 5.80. The maximum Gasteiger partial charge on any atom is 0.336 e. The minimum Gasteiger partial charge on any atom is -0.423 e. The Kier molecular flexibility index (Phi) is 4.24. The highest BCUT2D eigenvalue weighted by atomic mass is 16.5. The van der Waals surface area contributed by atoms with Crippen LogP contribution in [0, 0.1) is 0 Å². The molecule has 2 aromatic carbocycles. The Labute approximate surface area is 111 Å². The number of rotatable bonds is 4. The lowest BCUT2D eigenvalue weighted by atomic mass is 10.1. The highest BCUT2D eigenvalue weighted by Crippen LogP contribution is 2.08. The van der Waals surface area contributed by atoms with Crippen molar-refractivity contribution in [1.82, 2.24) is 0 Å². The monoisotopic (exact) mass is 252 g/mol. The predicted molar refractivity (Wildman–Crippen MR) is 72.0 cm³/mol. The molecule has 0 amide bonds. The standard InChI is InChI=1S/C16H12O3/c17-15(13-7-3-1-4-8-13)11-12-16(18)19-14-9-5-2-6-10-14/h1-12H/b12-11+. The average Bonchev–Trinajstić information content (AvgIpc) is 2.47. The zero-order valence-electron chi connectivity index (χ0n) is 10.2. The number of benzene rings is 2. The number of ketones is 1. The van der Waals surface area contributed by atoms with Crippen molar-refractivity contribution in [3.63, 3.8) is 0 Å². The molecule has 0 atom stereocenters. The minimum absolute atomic E-state index is 0.231. The molecule has 0 aliphatic heterocycles. The van der Waals surface area contributed by atoms with Gasteiger partial charge >= 0.3 is 5.97 Å². The zero-order chi connectivity index (χ0) is 13.5. The first kappa shape index (κ1) is 12.8. The van der Waals surface area contributed by atoms with Gasteiger partial charge in [0.15, 0.2) is 5.78 Å². The first-order chi connectivity index (χ1) is 9.25. The molecule has 94 valence electrons. The van der Waals surface area contributed by atoms with E-state index >= 15 is 0 Å². The van der Waals surface area contributed by atoms with Gasteiger partial charge in [-0.3, -0.25) is 4.79 Å². The summed E-state index contributed by atoms with van der Waals surface area (Å²) < 4.78 is 5.02. The second kappa shape index (κ2) is 6.31. The molecule has 0 unspecified atom stereocenters. The number of esters is 1. The summed E-state index contributed by atoms with van der Waals surface area (Å²) in [4.78, 5) is 23.2. The van der Waals surface area contributed by atoms with Crippen LogP contribution in [0.4, 0.5) is 0 Å². The smallest absolute Gasteiger partial charge is 0.336 e. The molecule has 0 saturated heterocycles. The minimum atomic E-state index is -0.574. The van der Waals surface area contributed by atoms with Gasteiger partial charge < -0.3 is 4.74 Å². The molecule has 0 aliphatic rings.